The van der Waals surface area contributed by atoms with E-state index >= 15 is 0 Å². The van der Waals surface area contributed by atoms with Crippen molar-refractivity contribution in [2.45, 2.75) is 19.3 Å². The van der Waals surface area contributed by atoms with Gasteiger partial charge < -0.3 is 15.8 Å². The number of hydrogen-bond donors (Lipinski definition) is 2. The molecule has 0 aromatic carbocycles. The van der Waals surface area contributed by atoms with Gasteiger partial charge in [0.05, 0.1) is 7.11 Å². The Kier molecular flexibility index (Phi) is 3.29. The molecule has 1 aromatic rings. The average molecular weight is 221 g/mol. The summed E-state index contributed by atoms with van der Waals surface area (Å²) in [5.41, 5.74) is 7.13. The summed E-state index contributed by atoms with van der Waals surface area (Å²) >= 11 is 0. The Morgan fingerprint density at radius 2 is 2.38 bits per heavy atom. The molecule has 0 saturated heterocycles. The van der Waals surface area contributed by atoms with Gasteiger partial charge in [-0.15, -0.1) is 0 Å². The lowest BCUT2D eigenvalue weighted by Crippen LogP contribution is -2.19. The van der Waals surface area contributed by atoms with Crippen LogP contribution in [0.1, 0.15) is 19.3 Å². The summed E-state index contributed by atoms with van der Waals surface area (Å²) in [5.74, 6) is 0.647. The quantitative estimate of drug-likeness (QED) is 0.766. The second-order valence-corrected chi connectivity index (χ2v) is 4.48. The van der Waals surface area contributed by atoms with Crippen molar-refractivity contribution in [2.24, 2.45) is 11.1 Å². The van der Waals surface area contributed by atoms with Crippen LogP contribution in [0, 0.1) is 5.41 Å². The highest BCUT2D eigenvalue weighted by Crippen LogP contribution is 2.48. The van der Waals surface area contributed by atoms with Crippen LogP contribution in [0.5, 0.6) is 5.88 Å². The third-order valence-electron chi connectivity index (χ3n) is 3.24. The molecular weight excluding hydrogens is 202 g/mol. The number of nitrogens with two attached hydrogens (primary N) is 1. The summed E-state index contributed by atoms with van der Waals surface area (Å²) < 4.78 is 5.08. The minimum Gasteiger partial charge on any atom is -0.481 e. The summed E-state index contributed by atoms with van der Waals surface area (Å²) in [4.78, 5) is 4.07. The van der Waals surface area contributed by atoms with E-state index in [1.54, 1.807) is 13.3 Å². The van der Waals surface area contributed by atoms with Crippen LogP contribution in [0.4, 0.5) is 5.69 Å². The first-order chi connectivity index (χ1) is 7.78. The Hall–Kier alpha value is -1.29. The van der Waals surface area contributed by atoms with E-state index in [0.29, 0.717) is 11.3 Å². The summed E-state index contributed by atoms with van der Waals surface area (Å²) in [7, 11) is 1.63. The molecule has 1 heterocycles. The van der Waals surface area contributed by atoms with Gasteiger partial charge in [0, 0.05) is 24.5 Å². The summed E-state index contributed by atoms with van der Waals surface area (Å²) in [6, 6.07) is 3.87. The molecule has 3 N–H and O–H groups in total. The third-order valence-corrected chi connectivity index (χ3v) is 3.24. The molecule has 0 unspecified atom stereocenters. The number of nitrogens with zero attached hydrogens (tertiary/aromatic N) is 1. The fourth-order valence-electron chi connectivity index (χ4n) is 1.92. The van der Waals surface area contributed by atoms with Crippen LogP contribution in [0.15, 0.2) is 18.3 Å². The predicted molar refractivity (Wildman–Crippen MR) is 64.6 cm³/mol. The maximum atomic E-state index is 5.61. The average Bonchev–Trinajstić information content (AvgIpc) is 3.08. The van der Waals surface area contributed by atoms with Crippen molar-refractivity contribution in [3.05, 3.63) is 18.3 Å². The van der Waals surface area contributed by atoms with E-state index in [1.807, 2.05) is 12.1 Å². The molecule has 4 nitrogen and oxygen atoms in total. The molecule has 1 aliphatic rings. The van der Waals surface area contributed by atoms with Crippen molar-refractivity contribution >= 4 is 5.69 Å². The van der Waals surface area contributed by atoms with Crippen LogP contribution >= 0.6 is 0 Å². The Morgan fingerprint density at radius 3 is 3.00 bits per heavy atom. The van der Waals surface area contributed by atoms with Crippen LogP contribution in [0.3, 0.4) is 0 Å². The minimum absolute atomic E-state index is 0.450. The second-order valence-electron chi connectivity index (χ2n) is 4.48. The van der Waals surface area contributed by atoms with Gasteiger partial charge in [0.2, 0.25) is 5.88 Å². The highest BCUT2D eigenvalue weighted by Gasteiger charge is 2.41. The van der Waals surface area contributed by atoms with E-state index < -0.39 is 0 Å². The molecule has 0 radical (unpaired) electrons. The van der Waals surface area contributed by atoms with Gasteiger partial charge >= 0.3 is 0 Å². The fraction of sp³-hybridized carbons (Fsp3) is 0.583. The number of ether oxygens (including phenoxy) is 1. The first-order valence-corrected chi connectivity index (χ1v) is 5.72. The van der Waals surface area contributed by atoms with E-state index in [0.717, 1.165) is 25.2 Å². The van der Waals surface area contributed by atoms with Gasteiger partial charge in [0.15, 0.2) is 0 Å². The smallest absolute Gasteiger partial charge is 0.214 e. The number of methoxy groups -OCH3 is 1. The Balaban J connectivity index is 1.89. The Morgan fingerprint density at radius 1 is 1.56 bits per heavy atom. The van der Waals surface area contributed by atoms with E-state index in [1.165, 1.54) is 12.8 Å². The fourth-order valence-corrected chi connectivity index (χ4v) is 1.92. The van der Waals surface area contributed by atoms with Crippen molar-refractivity contribution in [1.82, 2.24) is 4.98 Å². The molecule has 0 spiro atoms. The van der Waals surface area contributed by atoms with Gasteiger partial charge in [-0.25, -0.2) is 4.98 Å². The normalized spacial score (nSPS) is 16.9. The molecule has 16 heavy (non-hydrogen) atoms. The molecule has 0 amide bonds. The van der Waals surface area contributed by atoms with Crippen LogP contribution in [0.2, 0.25) is 0 Å². The second kappa shape index (κ2) is 4.70. The van der Waals surface area contributed by atoms with Crippen molar-refractivity contribution in [1.29, 1.82) is 0 Å². The van der Waals surface area contributed by atoms with Crippen molar-refractivity contribution in [2.75, 3.05) is 25.5 Å². The van der Waals surface area contributed by atoms with Crippen LogP contribution in [0.25, 0.3) is 0 Å². The van der Waals surface area contributed by atoms with Gasteiger partial charge in [0.25, 0.3) is 0 Å². The molecule has 0 atom stereocenters. The minimum atomic E-state index is 0.450. The van der Waals surface area contributed by atoms with Crippen molar-refractivity contribution < 1.29 is 4.74 Å². The number of aromatic nitrogens is 1. The Labute approximate surface area is 96.2 Å². The van der Waals surface area contributed by atoms with E-state index in [2.05, 4.69) is 10.3 Å². The molecule has 1 saturated carbocycles. The number of anilines is 1. The molecule has 88 valence electrons. The number of pyridine rings is 1. The Bertz CT molecular complexity index is 350. The largest absolute Gasteiger partial charge is 0.481 e. The van der Waals surface area contributed by atoms with Crippen LogP contribution in [-0.2, 0) is 0 Å². The van der Waals surface area contributed by atoms with Gasteiger partial charge in [-0.1, -0.05) is 0 Å². The van der Waals surface area contributed by atoms with E-state index in [4.69, 9.17) is 10.5 Å². The predicted octanol–water partition coefficient (Wildman–Crippen LogP) is 1.63. The zero-order valence-electron chi connectivity index (χ0n) is 9.70. The first-order valence-electron chi connectivity index (χ1n) is 5.72. The van der Waals surface area contributed by atoms with Gasteiger partial charge in [0.1, 0.15) is 0 Å². The highest BCUT2D eigenvalue weighted by molar-refractivity contribution is 5.45. The maximum absolute atomic E-state index is 5.61. The lowest BCUT2D eigenvalue weighted by atomic mass is 10.0. The van der Waals surface area contributed by atoms with Crippen molar-refractivity contribution in [3.63, 3.8) is 0 Å². The first kappa shape index (κ1) is 11.2. The zero-order valence-corrected chi connectivity index (χ0v) is 9.70. The molecule has 1 aromatic heterocycles. The van der Waals surface area contributed by atoms with Gasteiger partial charge in [-0.05, 0) is 37.3 Å². The molecule has 0 aliphatic heterocycles. The molecular formula is C12H19N3O. The van der Waals surface area contributed by atoms with Gasteiger partial charge in [-0.2, -0.15) is 0 Å². The number of hydrogen-bond acceptors (Lipinski definition) is 4. The molecule has 1 aliphatic carbocycles. The summed E-state index contributed by atoms with van der Waals surface area (Å²) in [6.45, 7) is 1.78. The highest BCUT2D eigenvalue weighted by atomic mass is 16.5. The number of rotatable bonds is 6. The van der Waals surface area contributed by atoms with Crippen LogP contribution in [-0.4, -0.2) is 25.2 Å². The standard InChI is InChI=1S/C12H19N3O/c1-16-11-8-10(2-7-14-11)15-9-12(3-4-12)5-6-13/h2,7-8H,3-6,9,13H2,1H3,(H,14,15). The molecule has 1 fully saturated rings. The summed E-state index contributed by atoms with van der Waals surface area (Å²) in [6.07, 6.45) is 5.45. The summed E-state index contributed by atoms with van der Waals surface area (Å²) in [5, 5.41) is 3.43. The third kappa shape index (κ3) is 2.64. The lowest BCUT2D eigenvalue weighted by Gasteiger charge is -2.15. The van der Waals surface area contributed by atoms with E-state index in [-0.39, 0.29) is 0 Å². The monoisotopic (exact) mass is 221 g/mol. The molecule has 0 bridgehead atoms. The van der Waals surface area contributed by atoms with Crippen molar-refractivity contribution in [3.8, 4) is 5.88 Å². The van der Waals surface area contributed by atoms with Gasteiger partial charge in [-0.3, -0.25) is 0 Å². The SMILES string of the molecule is COc1cc(NCC2(CCN)CC2)ccn1. The van der Waals surface area contributed by atoms with E-state index in [9.17, 15) is 0 Å². The zero-order chi connectivity index (χ0) is 11.4. The lowest BCUT2D eigenvalue weighted by molar-refractivity contribution is 0.398. The number of nitrogens with one attached hydrogen (secondary N) is 1. The topological polar surface area (TPSA) is 60.2 Å². The maximum Gasteiger partial charge on any atom is 0.214 e. The molecule has 2 rings (SSSR count). The van der Waals surface area contributed by atoms with Crippen LogP contribution < -0.4 is 15.8 Å². The molecule has 4 heteroatoms.